The molecular formula is C22H24N2O4. The van der Waals surface area contributed by atoms with Crippen molar-refractivity contribution >= 4 is 23.5 Å². The molecule has 1 saturated carbocycles. The Morgan fingerprint density at radius 2 is 1.61 bits per heavy atom. The molecule has 0 saturated heterocycles. The standard InChI is InChI=1S/C22H24N2O4/c1-22(2)17(18(22)21(27)28)20(26)24-16-10-8-15(9-11-16)19(25)23-13-12-14-6-4-3-5-7-14/h3-11,17-18H,12-13H2,1-2H3,(H,23,25)(H,24,26)(H,27,28)/t17-,18-/m1/s1. The van der Waals surface area contributed by atoms with Crippen LogP contribution >= 0.6 is 0 Å². The van der Waals surface area contributed by atoms with Crippen molar-refractivity contribution in [3.05, 3.63) is 65.7 Å². The molecule has 146 valence electrons. The summed E-state index contributed by atoms with van der Waals surface area (Å²) in [4.78, 5) is 35.8. The van der Waals surface area contributed by atoms with Gasteiger partial charge in [-0.25, -0.2) is 0 Å². The van der Waals surface area contributed by atoms with Crippen LogP contribution in [-0.4, -0.2) is 29.4 Å². The summed E-state index contributed by atoms with van der Waals surface area (Å²) in [5, 5.41) is 14.8. The van der Waals surface area contributed by atoms with Crippen molar-refractivity contribution in [3.63, 3.8) is 0 Å². The Morgan fingerprint density at radius 1 is 0.964 bits per heavy atom. The number of carboxylic acid groups (broad SMARTS) is 1. The smallest absolute Gasteiger partial charge is 0.307 e. The minimum Gasteiger partial charge on any atom is -0.481 e. The number of nitrogens with one attached hydrogen (secondary N) is 2. The average molecular weight is 380 g/mol. The lowest BCUT2D eigenvalue weighted by atomic mass is 10.1. The lowest BCUT2D eigenvalue weighted by Gasteiger charge is -2.08. The fourth-order valence-electron chi connectivity index (χ4n) is 3.58. The van der Waals surface area contributed by atoms with Crippen LogP contribution in [0, 0.1) is 17.3 Å². The molecule has 3 N–H and O–H groups in total. The Bertz CT molecular complexity index is 875. The van der Waals surface area contributed by atoms with Gasteiger partial charge < -0.3 is 15.7 Å². The van der Waals surface area contributed by atoms with Gasteiger partial charge in [0, 0.05) is 17.8 Å². The van der Waals surface area contributed by atoms with Gasteiger partial charge in [0.15, 0.2) is 0 Å². The van der Waals surface area contributed by atoms with Crippen molar-refractivity contribution in [2.24, 2.45) is 17.3 Å². The van der Waals surface area contributed by atoms with Crippen molar-refractivity contribution in [3.8, 4) is 0 Å². The maximum Gasteiger partial charge on any atom is 0.307 e. The van der Waals surface area contributed by atoms with Gasteiger partial charge in [0.25, 0.3) is 5.91 Å². The number of aliphatic carboxylic acids is 1. The Kier molecular flexibility index (Phi) is 5.49. The van der Waals surface area contributed by atoms with Crippen LogP contribution < -0.4 is 10.6 Å². The van der Waals surface area contributed by atoms with E-state index in [2.05, 4.69) is 10.6 Å². The second-order valence-corrected chi connectivity index (χ2v) is 7.67. The third-order valence-corrected chi connectivity index (χ3v) is 5.33. The number of carbonyl (C=O) groups excluding carboxylic acids is 2. The fourth-order valence-corrected chi connectivity index (χ4v) is 3.58. The van der Waals surface area contributed by atoms with Gasteiger partial charge in [-0.1, -0.05) is 44.2 Å². The second-order valence-electron chi connectivity index (χ2n) is 7.67. The number of benzene rings is 2. The zero-order chi connectivity index (χ0) is 20.3. The molecule has 0 spiro atoms. The number of anilines is 1. The molecule has 2 amide bonds. The maximum atomic E-state index is 12.3. The van der Waals surface area contributed by atoms with E-state index < -0.39 is 23.2 Å². The molecule has 0 heterocycles. The molecule has 0 aliphatic heterocycles. The third kappa shape index (κ3) is 4.22. The highest BCUT2D eigenvalue weighted by molar-refractivity contribution is 6.00. The van der Waals surface area contributed by atoms with E-state index in [-0.39, 0.29) is 11.8 Å². The van der Waals surface area contributed by atoms with Crippen LogP contribution in [-0.2, 0) is 16.0 Å². The summed E-state index contributed by atoms with van der Waals surface area (Å²) in [6, 6.07) is 16.5. The van der Waals surface area contributed by atoms with Gasteiger partial charge in [0.05, 0.1) is 11.8 Å². The summed E-state index contributed by atoms with van der Waals surface area (Å²) in [5.41, 5.74) is 1.65. The van der Waals surface area contributed by atoms with E-state index in [1.54, 1.807) is 38.1 Å². The summed E-state index contributed by atoms with van der Waals surface area (Å²) in [7, 11) is 0. The zero-order valence-electron chi connectivity index (χ0n) is 15.9. The van der Waals surface area contributed by atoms with Crippen molar-refractivity contribution in [1.29, 1.82) is 0 Å². The van der Waals surface area contributed by atoms with Crippen LogP contribution in [0.4, 0.5) is 5.69 Å². The molecule has 1 fully saturated rings. The third-order valence-electron chi connectivity index (χ3n) is 5.33. The molecule has 2 atom stereocenters. The molecule has 6 heteroatoms. The number of hydrogen-bond donors (Lipinski definition) is 3. The van der Waals surface area contributed by atoms with Crippen molar-refractivity contribution in [2.75, 3.05) is 11.9 Å². The average Bonchev–Trinajstić information content (AvgIpc) is 3.26. The Morgan fingerprint density at radius 3 is 2.18 bits per heavy atom. The summed E-state index contributed by atoms with van der Waals surface area (Å²) >= 11 is 0. The highest BCUT2D eigenvalue weighted by Gasteiger charge is 2.65. The van der Waals surface area contributed by atoms with Crippen LogP contribution in [0.25, 0.3) is 0 Å². The molecule has 2 aromatic carbocycles. The van der Waals surface area contributed by atoms with Crippen LogP contribution in [0.1, 0.15) is 29.8 Å². The molecule has 1 aliphatic rings. The molecule has 3 rings (SSSR count). The first-order chi connectivity index (χ1) is 13.3. The number of rotatable bonds is 7. The molecule has 0 unspecified atom stereocenters. The Balaban J connectivity index is 1.51. The highest BCUT2D eigenvalue weighted by atomic mass is 16.4. The van der Waals surface area contributed by atoms with Crippen LogP contribution in [0.3, 0.4) is 0 Å². The maximum absolute atomic E-state index is 12.3. The van der Waals surface area contributed by atoms with E-state index in [9.17, 15) is 19.5 Å². The van der Waals surface area contributed by atoms with E-state index in [1.165, 1.54) is 0 Å². The molecule has 2 aromatic rings. The summed E-state index contributed by atoms with van der Waals surface area (Å²) in [6.07, 6.45) is 0.753. The van der Waals surface area contributed by atoms with Crippen LogP contribution in [0.15, 0.2) is 54.6 Å². The SMILES string of the molecule is CC1(C)[C@@H](C(=O)O)[C@@H]1C(=O)Nc1ccc(C(=O)NCCc2ccccc2)cc1. The normalized spacial score (nSPS) is 19.5. The minimum absolute atomic E-state index is 0.178. The van der Waals surface area contributed by atoms with Gasteiger partial charge in [-0.15, -0.1) is 0 Å². The van der Waals surface area contributed by atoms with Crippen molar-refractivity contribution in [2.45, 2.75) is 20.3 Å². The van der Waals surface area contributed by atoms with Crippen LogP contribution in [0.5, 0.6) is 0 Å². The van der Waals surface area contributed by atoms with Gasteiger partial charge in [0.1, 0.15) is 0 Å². The number of amides is 2. The van der Waals surface area contributed by atoms with E-state index in [1.807, 2.05) is 30.3 Å². The lowest BCUT2D eigenvalue weighted by molar-refractivity contribution is -0.140. The van der Waals surface area contributed by atoms with Gasteiger partial charge in [-0.3, -0.25) is 14.4 Å². The monoisotopic (exact) mass is 380 g/mol. The first-order valence-corrected chi connectivity index (χ1v) is 9.26. The minimum atomic E-state index is -0.951. The predicted octanol–water partition coefficient (Wildman–Crippen LogP) is 2.95. The Hall–Kier alpha value is -3.15. The first kappa shape index (κ1) is 19.6. The molecule has 28 heavy (non-hydrogen) atoms. The van der Waals surface area contributed by atoms with Crippen molar-refractivity contribution in [1.82, 2.24) is 5.32 Å². The molecule has 0 radical (unpaired) electrons. The lowest BCUT2D eigenvalue weighted by Crippen LogP contribution is -2.25. The van der Waals surface area contributed by atoms with Crippen molar-refractivity contribution < 1.29 is 19.5 Å². The zero-order valence-corrected chi connectivity index (χ0v) is 15.9. The summed E-state index contributed by atoms with van der Waals surface area (Å²) in [6.45, 7) is 4.09. The number of carbonyl (C=O) groups is 3. The topological polar surface area (TPSA) is 95.5 Å². The number of carboxylic acids is 1. The summed E-state index contributed by atoms with van der Waals surface area (Å²) < 4.78 is 0. The second kappa shape index (κ2) is 7.84. The largest absolute Gasteiger partial charge is 0.481 e. The van der Waals surface area contributed by atoms with Gasteiger partial charge in [0.2, 0.25) is 5.91 Å². The van der Waals surface area contributed by atoms with Crippen LogP contribution in [0.2, 0.25) is 0 Å². The van der Waals surface area contributed by atoms with Gasteiger partial charge in [-0.05, 0) is 41.7 Å². The highest BCUT2D eigenvalue weighted by Crippen LogP contribution is 2.58. The van der Waals surface area contributed by atoms with E-state index >= 15 is 0 Å². The van der Waals surface area contributed by atoms with Gasteiger partial charge >= 0.3 is 5.97 Å². The first-order valence-electron chi connectivity index (χ1n) is 9.26. The predicted molar refractivity (Wildman–Crippen MR) is 106 cm³/mol. The summed E-state index contributed by atoms with van der Waals surface area (Å²) in [5.74, 6) is -2.65. The quantitative estimate of drug-likeness (QED) is 0.688. The van der Waals surface area contributed by atoms with E-state index in [0.717, 1.165) is 12.0 Å². The number of hydrogen-bond acceptors (Lipinski definition) is 3. The molecule has 0 aromatic heterocycles. The molecule has 0 bridgehead atoms. The molecule has 6 nitrogen and oxygen atoms in total. The van der Waals surface area contributed by atoms with E-state index in [0.29, 0.717) is 17.8 Å². The van der Waals surface area contributed by atoms with Gasteiger partial charge in [-0.2, -0.15) is 0 Å². The molecular weight excluding hydrogens is 356 g/mol. The Labute approximate surface area is 164 Å². The fraction of sp³-hybridized carbons (Fsp3) is 0.318. The molecule has 1 aliphatic carbocycles. The van der Waals surface area contributed by atoms with E-state index in [4.69, 9.17) is 0 Å².